The molecule has 0 fully saturated rings. The molecule has 1 atom stereocenters. The van der Waals surface area contributed by atoms with Crippen LogP contribution in [0.3, 0.4) is 0 Å². The number of aromatic nitrogens is 1. The molecular weight excluding hydrogens is 258 g/mol. The van der Waals surface area contributed by atoms with Crippen LogP contribution in [0.15, 0.2) is 24.5 Å². The number of pyridine rings is 1. The summed E-state index contributed by atoms with van der Waals surface area (Å²) in [7, 11) is 0. The highest BCUT2D eigenvalue weighted by atomic mass is 16.4. The van der Waals surface area contributed by atoms with Crippen molar-refractivity contribution < 1.29 is 19.8 Å². The summed E-state index contributed by atoms with van der Waals surface area (Å²) in [4.78, 5) is 26.1. The molecule has 0 aliphatic carbocycles. The van der Waals surface area contributed by atoms with Gasteiger partial charge in [0.15, 0.2) is 0 Å². The Labute approximate surface area is 118 Å². The lowest BCUT2D eigenvalue weighted by molar-refractivity contribution is -0.142. The third kappa shape index (κ3) is 5.09. The lowest BCUT2D eigenvalue weighted by Crippen LogP contribution is -2.38. The minimum Gasteiger partial charge on any atom is -0.481 e. The van der Waals surface area contributed by atoms with Crippen LogP contribution >= 0.6 is 0 Å². The Kier molecular flexibility index (Phi) is 5.82. The maximum atomic E-state index is 11.6. The van der Waals surface area contributed by atoms with Crippen molar-refractivity contribution in [3.63, 3.8) is 0 Å². The number of carboxylic acids is 1. The first-order chi connectivity index (χ1) is 9.33. The van der Waals surface area contributed by atoms with E-state index in [0.717, 1.165) is 5.56 Å². The molecule has 1 unspecified atom stereocenters. The van der Waals surface area contributed by atoms with Gasteiger partial charge in [-0.15, -0.1) is 0 Å². The highest BCUT2D eigenvalue weighted by molar-refractivity contribution is 5.95. The summed E-state index contributed by atoms with van der Waals surface area (Å²) in [6, 6.07) is 3.72. The average molecular weight is 279 g/mol. The second kappa shape index (κ2) is 7.14. The zero-order valence-corrected chi connectivity index (χ0v) is 11.9. The molecule has 1 aromatic rings. The van der Waals surface area contributed by atoms with Gasteiger partial charge in [0.25, 0.3) is 0 Å². The highest BCUT2D eigenvalue weighted by Gasteiger charge is 2.33. The zero-order chi connectivity index (χ0) is 15.2. The van der Waals surface area contributed by atoms with Crippen LogP contribution in [0.5, 0.6) is 0 Å². The summed E-state index contributed by atoms with van der Waals surface area (Å²) in [5.74, 6) is -1.72. The predicted molar refractivity (Wildman–Crippen MR) is 74.2 cm³/mol. The second-order valence-electron chi connectivity index (χ2n) is 5.40. The lowest BCUT2D eigenvalue weighted by Gasteiger charge is -2.31. The summed E-state index contributed by atoms with van der Waals surface area (Å²) in [6.45, 7) is 3.67. The van der Waals surface area contributed by atoms with Gasteiger partial charge in [0.05, 0.1) is 5.60 Å². The zero-order valence-electron chi connectivity index (χ0n) is 11.9. The summed E-state index contributed by atoms with van der Waals surface area (Å²) < 4.78 is 0. The van der Waals surface area contributed by atoms with E-state index in [4.69, 9.17) is 5.11 Å². The van der Waals surface area contributed by atoms with Gasteiger partial charge in [-0.05, 0) is 36.5 Å². The Morgan fingerprint density at radius 3 is 2.40 bits per heavy atom. The molecule has 0 aliphatic rings. The van der Waals surface area contributed by atoms with E-state index >= 15 is 0 Å². The minimum atomic E-state index is -1.17. The number of hydrogen-bond donors (Lipinski definition) is 2. The van der Waals surface area contributed by atoms with Crippen LogP contribution in [0.1, 0.15) is 38.7 Å². The van der Waals surface area contributed by atoms with E-state index in [2.05, 4.69) is 4.98 Å². The molecule has 1 rings (SSSR count). The first kappa shape index (κ1) is 16.3. The van der Waals surface area contributed by atoms with Crippen LogP contribution in [0.25, 0.3) is 0 Å². The quantitative estimate of drug-likeness (QED) is 0.709. The van der Waals surface area contributed by atoms with Gasteiger partial charge in [0.2, 0.25) is 0 Å². The molecule has 0 amide bonds. The van der Waals surface area contributed by atoms with Crippen LogP contribution in [-0.4, -0.2) is 32.6 Å². The Balaban J connectivity index is 2.66. The Morgan fingerprint density at radius 1 is 1.30 bits per heavy atom. The average Bonchev–Trinajstić information content (AvgIpc) is 2.36. The number of aliphatic carboxylic acids is 1. The van der Waals surface area contributed by atoms with Crippen LogP contribution in [0.4, 0.5) is 0 Å². The van der Waals surface area contributed by atoms with E-state index in [0.29, 0.717) is 12.8 Å². The van der Waals surface area contributed by atoms with E-state index < -0.39 is 23.8 Å². The first-order valence-corrected chi connectivity index (χ1v) is 6.68. The summed E-state index contributed by atoms with van der Waals surface area (Å²) in [6.07, 6.45) is 3.74. The first-order valence-electron chi connectivity index (χ1n) is 6.68. The maximum Gasteiger partial charge on any atom is 0.310 e. The fraction of sp³-hybridized carbons (Fsp3) is 0.533. The van der Waals surface area contributed by atoms with Gasteiger partial charge >= 0.3 is 5.97 Å². The van der Waals surface area contributed by atoms with E-state index in [1.165, 1.54) is 0 Å². The van der Waals surface area contributed by atoms with Crippen molar-refractivity contribution in [3.8, 4) is 0 Å². The van der Waals surface area contributed by atoms with Gasteiger partial charge in [-0.1, -0.05) is 13.8 Å². The number of carbonyl (C=O) groups excluding carboxylic acids is 1. The smallest absolute Gasteiger partial charge is 0.310 e. The maximum absolute atomic E-state index is 11.6. The fourth-order valence-corrected chi connectivity index (χ4v) is 2.06. The predicted octanol–water partition coefficient (Wildman–Crippen LogP) is 1.84. The molecule has 20 heavy (non-hydrogen) atoms. The number of carboxylic acid groups (broad SMARTS) is 1. The molecule has 1 heterocycles. The standard InChI is InChI=1S/C15H21NO4/c1-11(2)15(20,10-13(17)9-14(18)19)6-3-12-4-7-16-8-5-12/h4-5,7-8,11,20H,3,6,9-10H2,1-2H3,(H,18,19). The molecule has 5 heteroatoms. The third-order valence-electron chi connectivity index (χ3n) is 3.52. The molecular formula is C15H21NO4. The van der Waals surface area contributed by atoms with Gasteiger partial charge in [0, 0.05) is 18.8 Å². The van der Waals surface area contributed by atoms with Crippen molar-refractivity contribution in [2.24, 2.45) is 5.92 Å². The molecule has 0 spiro atoms. The highest BCUT2D eigenvalue weighted by Crippen LogP contribution is 2.27. The molecule has 0 radical (unpaired) electrons. The Bertz CT molecular complexity index is 458. The Hall–Kier alpha value is -1.75. The number of aliphatic hydroxyl groups is 1. The van der Waals surface area contributed by atoms with Crippen LogP contribution in [0.2, 0.25) is 0 Å². The second-order valence-corrected chi connectivity index (χ2v) is 5.40. The van der Waals surface area contributed by atoms with Crippen LogP contribution < -0.4 is 0 Å². The van der Waals surface area contributed by atoms with Gasteiger partial charge in [-0.2, -0.15) is 0 Å². The number of rotatable bonds is 8. The number of ketones is 1. The van der Waals surface area contributed by atoms with Crippen molar-refractivity contribution in [1.82, 2.24) is 4.98 Å². The van der Waals surface area contributed by atoms with E-state index in [1.54, 1.807) is 12.4 Å². The normalized spacial score (nSPS) is 14.0. The van der Waals surface area contributed by atoms with Gasteiger partial charge in [-0.25, -0.2) is 0 Å². The molecule has 2 N–H and O–H groups in total. The van der Waals surface area contributed by atoms with Crippen molar-refractivity contribution in [1.29, 1.82) is 0 Å². The SMILES string of the molecule is CC(C)C(O)(CCc1ccncc1)CC(=O)CC(=O)O. The summed E-state index contributed by atoms with van der Waals surface area (Å²) in [5.41, 5.74) is -0.139. The number of hydrogen-bond acceptors (Lipinski definition) is 4. The molecule has 110 valence electrons. The molecule has 0 aliphatic heterocycles. The monoisotopic (exact) mass is 279 g/mol. The van der Waals surface area contributed by atoms with Crippen LogP contribution in [-0.2, 0) is 16.0 Å². The third-order valence-corrected chi connectivity index (χ3v) is 3.52. The summed E-state index contributed by atoms with van der Waals surface area (Å²) >= 11 is 0. The van der Waals surface area contributed by atoms with E-state index in [1.807, 2.05) is 26.0 Å². The molecule has 0 aromatic carbocycles. The van der Waals surface area contributed by atoms with Crippen molar-refractivity contribution >= 4 is 11.8 Å². The molecule has 0 bridgehead atoms. The summed E-state index contributed by atoms with van der Waals surface area (Å²) in [5, 5.41) is 19.2. The van der Waals surface area contributed by atoms with Gasteiger partial charge in [0.1, 0.15) is 12.2 Å². The van der Waals surface area contributed by atoms with Crippen LogP contribution in [0, 0.1) is 5.92 Å². The van der Waals surface area contributed by atoms with E-state index in [-0.39, 0.29) is 12.3 Å². The largest absolute Gasteiger partial charge is 0.481 e. The fourth-order valence-electron chi connectivity index (χ4n) is 2.06. The topological polar surface area (TPSA) is 87.5 Å². The van der Waals surface area contributed by atoms with Gasteiger partial charge < -0.3 is 10.2 Å². The molecule has 0 saturated carbocycles. The number of aryl methyl sites for hydroxylation is 1. The van der Waals surface area contributed by atoms with Crippen molar-refractivity contribution in [2.45, 2.75) is 45.1 Å². The Morgan fingerprint density at radius 2 is 1.90 bits per heavy atom. The molecule has 0 saturated heterocycles. The minimum absolute atomic E-state index is 0.123. The van der Waals surface area contributed by atoms with Gasteiger partial charge in [-0.3, -0.25) is 14.6 Å². The number of carbonyl (C=O) groups is 2. The molecule has 1 aromatic heterocycles. The van der Waals surface area contributed by atoms with Crippen molar-refractivity contribution in [3.05, 3.63) is 30.1 Å². The number of Topliss-reactive ketones (excluding diaryl/α,β-unsaturated/α-hetero) is 1. The lowest BCUT2D eigenvalue weighted by atomic mass is 9.80. The number of nitrogens with zero attached hydrogens (tertiary/aromatic N) is 1. The van der Waals surface area contributed by atoms with Crippen molar-refractivity contribution in [2.75, 3.05) is 0 Å². The van der Waals surface area contributed by atoms with E-state index in [9.17, 15) is 14.7 Å². The molecule has 5 nitrogen and oxygen atoms in total.